The summed E-state index contributed by atoms with van der Waals surface area (Å²) in [5.74, 6) is 0. The minimum atomic E-state index is -2.67. The Balaban J connectivity index is 0. The number of hydrogen-bond donors (Lipinski definition) is 2. The molecule has 74 valence electrons. The second-order valence-corrected chi connectivity index (χ2v) is 2.72. The minimum absolute atomic E-state index is 1.36. The lowest BCUT2D eigenvalue weighted by Gasteiger charge is -1.93. The van der Waals surface area contributed by atoms with Gasteiger partial charge in [0.2, 0.25) is 0 Å². The van der Waals surface area contributed by atoms with E-state index in [1.807, 2.05) is 0 Å². The zero-order chi connectivity index (χ0) is 9.82. The molecule has 0 saturated heterocycles. The SMILES string of the molecule is CCCCCCCC.OB(O)F. The summed E-state index contributed by atoms with van der Waals surface area (Å²) in [5, 5.41) is 13.9. The van der Waals surface area contributed by atoms with Crippen LogP contribution in [0, 0.1) is 0 Å². The van der Waals surface area contributed by atoms with E-state index in [2.05, 4.69) is 13.8 Å². The Morgan fingerprint density at radius 2 is 1.17 bits per heavy atom. The van der Waals surface area contributed by atoms with Crippen molar-refractivity contribution >= 4 is 7.40 Å². The van der Waals surface area contributed by atoms with E-state index in [4.69, 9.17) is 10.0 Å². The Labute approximate surface area is 75.0 Å². The third-order valence-electron chi connectivity index (χ3n) is 1.46. The topological polar surface area (TPSA) is 40.5 Å². The molecule has 0 aliphatic carbocycles. The number of halogens is 1. The molecule has 0 fully saturated rings. The summed E-state index contributed by atoms with van der Waals surface area (Å²) >= 11 is 0. The lowest BCUT2D eigenvalue weighted by atomic mass is 10.1. The van der Waals surface area contributed by atoms with Crippen LogP contribution < -0.4 is 0 Å². The van der Waals surface area contributed by atoms with Crippen LogP contribution >= 0.6 is 0 Å². The van der Waals surface area contributed by atoms with Crippen LogP contribution in [0.25, 0.3) is 0 Å². The highest BCUT2D eigenvalue weighted by molar-refractivity contribution is 6.31. The molecule has 0 aromatic rings. The Bertz CT molecular complexity index is 63.3. The van der Waals surface area contributed by atoms with E-state index in [0.717, 1.165) is 0 Å². The Morgan fingerprint density at radius 1 is 0.917 bits per heavy atom. The molecule has 0 saturated carbocycles. The van der Waals surface area contributed by atoms with E-state index in [1.165, 1.54) is 38.5 Å². The molecule has 0 radical (unpaired) electrons. The van der Waals surface area contributed by atoms with Gasteiger partial charge in [-0.25, -0.2) is 0 Å². The molecule has 2 N–H and O–H groups in total. The van der Waals surface area contributed by atoms with Crippen molar-refractivity contribution in [1.82, 2.24) is 0 Å². The fourth-order valence-corrected chi connectivity index (χ4v) is 0.854. The van der Waals surface area contributed by atoms with E-state index in [-0.39, 0.29) is 0 Å². The maximum Gasteiger partial charge on any atom is 0.674 e. The van der Waals surface area contributed by atoms with Gasteiger partial charge in [-0.3, -0.25) is 4.32 Å². The predicted molar refractivity (Wildman–Crippen MR) is 50.3 cm³/mol. The first-order valence-electron chi connectivity index (χ1n) is 4.65. The fourth-order valence-electron chi connectivity index (χ4n) is 0.854. The normalized spacial score (nSPS) is 8.75. The molecule has 2 nitrogen and oxygen atoms in total. The molecule has 0 bridgehead atoms. The molecule has 0 aliphatic heterocycles. The molecule has 0 rings (SSSR count). The van der Waals surface area contributed by atoms with Crippen LogP contribution in [0.4, 0.5) is 4.32 Å². The molecule has 0 heterocycles. The summed E-state index contributed by atoms with van der Waals surface area (Å²) in [6.45, 7) is 4.51. The molecular weight excluding hydrogens is 158 g/mol. The zero-order valence-corrected chi connectivity index (χ0v) is 8.09. The minimum Gasteiger partial charge on any atom is -0.398 e. The fraction of sp³-hybridized carbons (Fsp3) is 1.00. The second kappa shape index (κ2) is 13.5. The highest BCUT2D eigenvalue weighted by atomic mass is 19.1. The molecule has 0 spiro atoms. The van der Waals surface area contributed by atoms with Crippen LogP contribution in [0.3, 0.4) is 0 Å². The lowest BCUT2D eigenvalue weighted by Crippen LogP contribution is -1.98. The monoisotopic (exact) mass is 178 g/mol. The molecule has 12 heavy (non-hydrogen) atoms. The van der Waals surface area contributed by atoms with Gasteiger partial charge in [-0.15, -0.1) is 0 Å². The lowest BCUT2D eigenvalue weighted by molar-refractivity contribution is 0.340. The van der Waals surface area contributed by atoms with Gasteiger partial charge in [0.15, 0.2) is 0 Å². The van der Waals surface area contributed by atoms with Gasteiger partial charge in [0.25, 0.3) is 0 Å². The van der Waals surface area contributed by atoms with Crippen molar-refractivity contribution in [3.05, 3.63) is 0 Å². The van der Waals surface area contributed by atoms with Crippen molar-refractivity contribution in [3.63, 3.8) is 0 Å². The average Bonchev–Trinajstić information content (AvgIpc) is 1.97. The van der Waals surface area contributed by atoms with Gasteiger partial charge in [-0.2, -0.15) is 0 Å². The van der Waals surface area contributed by atoms with Crippen LogP contribution in [0.15, 0.2) is 0 Å². The molecule has 4 heteroatoms. The standard InChI is InChI=1S/C8H18.BFH2O2/c1-3-5-7-8-6-4-2;2-1(3)4/h3-8H2,1-2H3;3-4H. The summed E-state index contributed by atoms with van der Waals surface area (Å²) in [5.41, 5.74) is 0. The van der Waals surface area contributed by atoms with E-state index < -0.39 is 7.40 Å². The van der Waals surface area contributed by atoms with Crippen LogP contribution in [0.5, 0.6) is 0 Å². The number of unbranched alkanes of at least 4 members (excludes halogenated alkanes) is 5. The average molecular weight is 178 g/mol. The summed E-state index contributed by atoms with van der Waals surface area (Å²) in [7, 11) is -2.67. The molecule has 0 aromatic heterocycles. The highest BCUT2D eigenvalue weighted by Gasteiger charge is 1.97. The molecule has 0 amide bonds. The predicted octanol–water partition coefficient (Wildman–Crippen LogP) is 2.29. The van der Waals surface area contributed by atoms with Crippen LogP contribution in [0.2, 0.25) is 0 Å². The van der Waals surface area contributed by atoms with Gasteiger partial charge < -0.3 is 10.0 Å². The van der Waals surface area contributed by atoms with Crippen molar-refractivity contribution in [3.8, 4) is 0 Å². The second-order valence-electron chi connectivity index (χ2n) is 2.72. The van der Waals surface area contributed by atoms with Crippen LogP contribution in [-0.4, -0.2) is 17.4 Å². The summed E-state index contributed by atoms with van der Waals surface area (Å²) in [6.07, 6.45) is 8.49. The largest absolute Gasteiger partial charge is 0.674 e. The first kappa shape index (κ1) is 14.4. The molecule has 0 unspecified atom stereocenters. The number of rotatable bonds is 5. The molecule has 0 aliphatic rings. The van der Waals surface area contributed by atoms with Gasteiger partial charge in [-0.05, 0) is 0 Å². The molecule has 0 atom stereocenters. The highest BCUT2D eigenvalue weighted by Crippen LogP contribution is 2.03. The number of hydrogen-bond acceptors (Lipinski definition) is 2. The zero-order valence-electron chi connectivity index (χ0n) is 8.09. The van der Waals surface area contributed by atoms with Gasteiger partial charge >= 0.3 is 7.40 Å². The maximum atomic E-state index is 10.1. The smallest absolute Gasteiger partial charge is 0.398 e. The third-order valence-corrected chi connectivity index (χ3v) is 1.46. The third kappa shape index (κ3) is 32.6. The van der Waals surface area contributed by atoms with E-state index >= 15 is 0 Å². The van der Waals surface area contributed by atoms with E-state index in [0.29, 0.717) is 0 Å². The Morgan fingerprint density at radius 3 is 1.33 bits per heavy atom. The van der Waals surface area contributed by atoms with Gasteiger partial charge in [0, 0.05) is 0 Å². The van der Waals surface area contributed by atoms with Gasteiger partial charge in [0.1, 0.15) is 0 Å². The Hall–Kier alpha value is -0.0851. The van der Waals surface area contributed by atoms with Crippen molar-refractivity contribution in [2.45, 2.75) is 52.4 Å². The maximum absolute atomic E-state index is 10.1. The van der Waals surface area contributed by atoms with Crippen molar-refractivity contribution < 1.29 is 14.4 Å². The summed E-state index contributed by atoms with van der Waals surface area (Å²) in [6, 6.07) is 0. The van der Waals surface area contributed by atoms with Crippen LogP contribution in [0.1, 0.15) is 52.4 Å². The van der Waals surface area contributed by atoms with Crippen molar-refractivity contribution in [2.75, 3.05) is 0 Å². The van der Waals surface area contributed by atoms with Crippen molar-refractivity contribution in [2.24, 2.45) is 0 Å². The first-order chi connectivity index (χ1) is 5.65. The van der Waals surface area contributed by atoms with E-state index in [9.17, 15) is 4.32 Å². The van der Waals surface area contributed by atoms with Crippen LogP contribution in [-0.2, 0) is 0 Å². The van der Waals surface area contributed by atoms with E-state index in [1.54, 1.807) is 0 Å². The quantitative estimate of drug-likeness (QED) is 0.500. The summed E-state index contributed by atoms with van der Waals surface area (Å²) in [4.78, 5) is 0. The molecule has 0 aromatic carbocycles. The first-order valence-corrected chi connectivity index (χ1v) is 4.65. The van der Waals surface area contributed by atoms with Crippen molar-refractivity contribution in [1.29, 1.82) is 0 Å². The van der Waals surface area contributed by atoms with Gasteiger partial charge in [0.05, 0.1) is 0 Å². The Kier molecular flexibility index (Phi) is 16.2. The summed E-state index contributed by atoms with van der Waals surface area (Å²) < 4.78 is 10.1. The van der Waals surface area contributed by atoms with Gasteiger partial charge in [-0.1, -0.05) is 52.4 Å². The molecular formula is C8H20BFO2.